The molecule has 3 aromatic rings. The van der Waals surface area contributed by atoms with Crippen LogP contribution in [0.15, 0.2) is 59.0 Å². The molecule has 0 unspecified atom stereocenters. The number of hydrogen-bond donors (Lipinski definition) is 2. The predicted octanol–water partition coefficient (Wildman–Crippen LogP) is 4.53. The van der Waals surface area contributed by atoms with Crippen molar-refractivity contribution in [1.82, 2.24) is 10.6 Å². The van der Waals surface area contributed by atoms with Crippen molar-refractivity contribution in [2.75, 3.05) is 59.8 Å². The van der Waals surface area contributed by atoms with Gasteiger partial charge in [-0.2, -0.15) is 0 Å². The second-order valence-corrected chi connectivity index (χ2v) is 9.97. The standard InChI is InChI=1S/C26H34N2O5.C5H12O/c29-21-28-11-13-31-15-17-32-16-14-30-12-10-27-20-23-6-8-24-19-25(33-26(24)18-23)9-7-22-4-2-1-3-5-22;1-5(2,3)6-4/h1-6,8,18-19,21,27H,7,9-17,20H2,(H,28,29);1-4H3. The quantitative estimate of drug-likeness (QED) is 0.180. The third kappa shape index (κ3) is 15.4. The molecule has 0 aliphatic heterocycles. The Hall–Kier alpha value is -2.75. The van der Waals surface area contributed by atoms with Crippen molar-refractivity contribution in [3.8, 4) is 0 Å². The number of hydrogen-bond acceptors (Lipinski definition) is 7. The largest absolute Gasteiger partial charge is 0.461 e. The molecule has 216 valence electrons. The Morgan fingerprint density at radius 3 is 2.08 bits per heavy atom. The molecule has 0 bridgehead atoms. The van der Waals surface area contributed by atoms with Crippen molar-refractivity contribution >= 4 is 17.4 Å². The minimum Gasteiger partial charge on any atom is -0.461 e. The maximum absolute atomic E-state index is 10.1. The van der Waals surface area contributed by atoms with Crippen molar-refractivity contribution in [2.45, 2.75) is 45.8 Å². The summed E-state index contributed by atoms with van der Waals surface area (Å²) in [4.78, 5) is 10.1. The number of benzene rings is 2. The van der Waals surface area contributed by atoms with Crippen molar-refractivity contribution in [2.24, 2.45) is 0 Å². The zero-order valence-corrected chi connectivity index (χ0v) is 24.0. The fourth-order valence-corrected chi connectivity index (χ4v) is 3.38. The number of nitrogens with one attached hydrogen (secondary N) is 2. The molecule has 0 aliphatic rings. The van der Waals surface area contributed by atoms with Crippen LogP contribution < -0.4 is 10.6 Å². The molecule has 0 saturated heterocycles. The molecule has 1 heterocycles. The van der Waals surface area contributed by atoms with E-state index in [1.54, 1.807) is 7.11 Å². The van der Waals surface area contributed by atoms with Gasteiger partial charge in [0.1, 0.15) is 11.3 Å². The van der Waals surface area contributed by atoms with E-state index < -0.39 is 0 Å². The van der Waals surface area contributed by atoms with E-state index in [-0.39, 0.29) is 5.60 Å². The van der Waals surface area contributed by atoms with E-state index in [2.05, 4.69) is 59.2 Å². The highest BCUT2D eigenvalue weighted by molar-refractivity contribution is 5.78. The monoisotopic (exact) mass is 542 g/mol. The summed E-state index contributed by atoms with van der Waals surface area (Å²) < 4.78 is 27.3. The van der Waals surface area contributed by atoms with Gasteiger partial charge in [0, 0.05) is 38.6 Å². The van der Waals surface area contributed by atoms with Gasteiger partial charge in [0.2, 0.25) is 6.41 Å². The van der Waals surface area contributed by atoms with Crippen molar-refractivity contribution < 1.29 is 28.2 Å². The Morgan fingerprint density at radius 1 is 0.795 bits per heavy atom. The average Bonchev–Trinajstić information content (AvgIpc) is 3.35. The Morgan fingerprint density at radius 2 is 1.44 bits per heavy atom. The van der Waals surface area contributed by atoms with Crippen LogP contribution in [-0.2, 0) is 43.1 Å². The maximum atomic E-state index is 10.1. The summed E-state index contributed by atoms with van der Waals surface area (Å²) in [5, 5.41) is 7.08. The molecular weight excluding hydrogens is 496 g/mol. The first-order chi connectivity index (χ1) is 18.9. The first-order valence-corrected chi connectivity index (χ1v) is 13.6. The normalized spacial score (nSPS) is 11.3. The van der Waals surface area contributed by atoms with Gasteiger partial charge >= 0.3 is 0 Å². The number of aryl methyl sites for hydroxylation is 2. The van der Waals surface area contributed by atoms with E-state index in [1.807, 2.05) is 26.8 Å². The van der Waals surface area contributed by atoms with Gasteiger partial charge in [-0.1, -0.05) is 42.5 Å². The highest BCUT2D eigenvalue weighted by atomic mass is 16.5. The van der Waals surface area contributed by atoms with Crippen LogP contribution in [0.4, 0.5) is 0 Å². The smallest absolute Gasteiger partial charge is 0.207 e. The Bertz CT molecular complexity index is 1030. The van der Waals surface area contributed by atoms with Crippen LogP contribution in [0.1, 0.15) is 37.7 Å². The molecule has 0 aliphatic carbocycles. The molecule has 8 heteroatoms. The summed E-state index contributed by atoms with van der Waals surface area (Å²) in [6.45, 7) is 11.4. The summed E-state index contributed by atoms with van der Waals surface area (Å²) in [7, 11) is 1.71. The number of carbonyl (C=O) groups is 1. The highest BCUT2D eigenvalue weighted by Crippen LogP contribution is 2.22. The second kappa shape index (κ2) is 19.3. The van der Waals surface area contributed by atoms with Crippen molar-refractivity contribution in [3.63, 3.8) is 0 Å². The molecule has 1 amide bonds. The van der Waals surface area contributed by atoms with E-state index in [0.717, 1.165) is 42.7 Å². The van der Waals surface area contributed by atoms with E-state index >= 15 is 0 Å². The Kier molecular flexibility index (Phi) is 16.1. The summed E-state index contributed by atoms with van der Waals surface area (Å²) in [6.07, 6.45) is 2.54. The first-order valence-electron chi connectivity index (χ1n) is 13.6. The summed E-state index contributed by atoms with van der Waals surface area (Å²) >= 11 is 0. The molecule has 3 rings (SSSR count). The van der Waals surface area contributed by atoms with Gasteiger partial charge in [0.15, 0.2) is 0 Å². The number of furan rings is 1. The van der Waals surface area contributed by atoms with Gasteiger partial charge < -0.3 is 34.0 Å². The van der Waals surface area contributed by atoms with Crippen LogP contribution >= 0.6 is 0 Å². The predicted molar refractivity (Wildman–Crippen MR) is 155 cm³/mol. The fourth-order valence-electron chi connectivity index (χ4n) is 3.38. The van der Waals surface area contributed by atoms with Crippen LogP contribution in [0.25, 0.3) is 11.0 Å². The molecule has 0 atom stereocenters. The molecule has 1 aromatic heterocycles. The van der Waals surface area contributed by atoms with Gasteiger partial charge in [0.25, 0.3) is 0 Å². The molecular formula is C31H46N2O6. The van der Waals surface area contributed by atoms with Crippen molar-refractivity contribution in [1.29, 1.82) is 0 Å². The zero-order chi connectivity index (χ0) is 28.2. The van der Waals surface area contributed by atoms with Gasteiger partial charge in [-0.15, -0.1) is 0 Å². The third-order valence-electron chi connectivity index (χ3n) is 5.72. The Balaban J connectivity index is 0.000000798. The Labute approximate surface area is 233 Å². The number of methoxy groups -OCH3 is 1. The van der Waals surface area contributed by atoms with Gasteiger partial charge in [0.05, 0.1) is 45.2 Å². The number of amides is 1. The number of carbonyl (C=O) groups excluding carboxylic acids is 1. The number of fused-ring (bicyclic) bond motifs is 1. The molecule has 0 radical (unpaired) electrons. The summed E-state index contributed by atoms with van der Waals surface area (Å²) in [5.74, 6) is 1.02. The van der Waals surface area contributed by atoms with Crippen LogP contribution in [-0.4, -0.2) is 71.9 Å². The highest BCUT2D eigenvalue weighted by Gasteiger charge is 2.06. The second-order valence-electron chi connectivity index (χ2n) is 9.97. The lowest BCUT2D eigenvalue weighted by atomic mass is 10.1. The lowest BCUT2D eigenvalue weighted by Gasteiger charge is -2.14. The average molecular weight is 543 g/mol. The first kappa shape index (κ1) is 32.5. The van der Waals surface area contributed by atoms with E-state index in [9.17, 15) is 4.79 Å². The van der Waals surface area contributed by atoms with E-state index in [0.29, 0.717) is 52.6 Å². The zero-order valence-electron chi connectivity index (χ0n) is 24.0. The lowest BCUT2D eigenvalue weighted by Crippen LogP contribution is -2.21. The number of rotatable bonds is 18. The molecule has 2 N–H and O–H groups in total. The van der Waals surface area contributed by atoms with Crippen molar-refractivity contribution in [3.05, 3.63) is 71.5 Å². The fraction of sp³-hybridized carbons (Fsp3) is 0.516. The van der Waals surface area contributed by atoms with Gasteiger partial charge in [-0.05, 0) is 50.5 Å². The molecule has 8 nitrogen and oxygen atoms in total. The molecule has 39 heavy (non-hydrogen) atoms. The topological polar surface area (TPSA) is 91.2 Å². The molecule has 0 fully saturated rings. The minimum atomic E-state index is 0.0417. The third-order valence-corrected chi connectivity index (χ3v) is 5.72. The SMILES string of the molecule is COC(C)(C)C.O=CNCCOCCOCCOCCNCc1ccc2cc(CCc3ccccc3)oc2c1. The minimum absolute atomic E-state index is 0.0417. The molecule has 0 saturated carbocycles. The summed E-state index contributed by atoms with van der Waals surface area (Å²) in [6, 6.07) is 19.0. The van der Waals surface area contributed by atoms with Crippen LogP contribution in [0.3, 0.4) is 0 Å². The number of ether oxygens (including phenoxy) is 4. The van der Waals surface area contributed by atoms with E-state index in [4.69, 9.17) is 23.4 Å². The molecule has 2 aromatic carbocycles. The van der Waals surface area contributed by atoms with Crippen LogP contribution in [0, 0.1) is 0 Å². The van der Waals surface area contributed by atoms with Crippen LogP contribution in [0.2, 0.25) is 0 Å². The lowest BCUT2D eigenvalue weighted by molar-refractivity contribution is -0.109. The van der Waals surface area contributed by atoms with Crippen LogP contribution in [0.5, 0.6) is 0 Å². The van der Waals surface area contributed by atoms with Gasteiger partial charge in [-0.3, -0.25) is 4.79 Å². The van der Waals surface area contributed by atoms with E-state index in [1.165, 1.54) is 11.1 Å². The molecule has 0 spiro atoms. The summed E-state index contributed by atoms with van der Waals surface area (Å²) in [5.41, 5.74) is 3.50. The van der Waals surface area contributed by atoms with Gasteiger partial charge in [-0.25, -0.2) is 0 Å². The maximum Gasteiger partial charge on any atom is 0.207 e.